The molecule has 10 aromatic rings. The fourth-order valence-corrected chi connectivity index (χ4v) is 12.7. The van der Waals surface area contributed by atoms with Crippen molar-refractivity contribution in [3.63, 3.8) is 0 Å². The minimum absolute atomic E-state index is 0.00885. The molecule has 0 aliphatic carbocycles. The fraction of sp³-hybridized carbons (Fsp3) is 0.273. The number of anilines is 2. The number of fused-ring (bicyclic) bond motifs is 12. The van der Waals surface area contributed by atoms with Gasteiger partial charge >= 0.3 is 47.8 Å². The maximum atomic E-state index is 16.0. The second-order valence-corrected chi connectivity index (χ2v) is 32.1. The van der Waals surface area contributed by atoms with E-state index in [1.165, 1.54) is 48.8 Å². The summed E-state index contributed by atoms with van der Waals surface area (Å²) in [4.78, 5) is 122. The summed E-state index contributed by atoms with van der Waals surface area (Å²) >= 11 is 0. The minimum atomic E-state index is -2.04. The summed E-state index contributed by atoms with van der Waals surface area (Å²) in [6, 6.07) is 35.7. The van der Waals surface area contributed by atoms with Crippen molar-refractivity contribution >= 4 is 59.0 Å². The lowest BCUT2D eigenvalue weighted by atomic mass is 9.76. The van der Waals surface area contributed by atoms with Gasteiger partial charge in [0.05, 0.1) is 55.0 Å². The van der Waals surface area contributed by atoms with Gasteiger partial charge in [-0.2, -0.15) is 9.97 Å². The first-order chi connectivity index (χ1) is 54.7. The number of Topliss-reactive ketones (excluding diaryl/α,β-unsaturated/α-hetero) is 2. The van der Waals surface area contributed by atoms with Gasteiger partial charge in [-0.1, -0.05) is 66.7 Å². The van der Waals surface area contributed by atoms with E-state index in [-0.39, 0.29) is 134 Å². The maximum Gasteiger partial charge on any atom is 0.340 e. The van der Waals surface area contributed by atoms with Crippen molar-refractivity contribution in [3.05, 3.63) is 259 Å². The highest BCUT2D eigenvalue weighted by Gasteiger charge is 2.57. The Balaban J connectivity index is 0.000000202. The quantitative estimate of drug-likeness (QED) is 0.0349. The normalized spacial score (nSPS) is 13.8. The van der Waals surface area contributed by atoms with Crippen LogP contribution in [-0.4, -0.2) is 67.3 Å². The second kappa shape index (κ2) is 30.8. The van der Waals surface area contributed by atoms with E-state index < -0.39 is 115 Å². The lowest BCUT2D eigenvalue weighted by molar-refractivity contribution is -0.144. The molecule has 4 N–H and O–H groups in total. The van der Waals surface area contributed by atoms with E-state index in [1.54, 1.807) is 95.2 Å². The van der Waals surface area contributed by atoms with Crippen LogP contribution in [0.15, 0.2) is 158 Å². The molecule has 6 heterocycles. The van der Waals surface area contributed by atoms with E-state index in [9.17, 15) is 38.4 Å². The fourth-order valence-electron chi connectivity index (χ4n) is 12.7. The first kappa shape index (κ1) is 80.6. The van der Waals surface area contributed by atoms with E-state index in [4.69, 9.17) is 58.8 Å². The number of benzene rings is 8. The van der Waals surface area contributed by atoms with Gasteiger partial charge in [0.15, 0.2) is 69.0 Å². The van der Waals surface area contributed by atoms with Gasteiger partial charge in [-0.15, -0.1) is 0 Å². The van der Waals surface area contributed by atoms with Crippen LogP contribution in [0.5, 0.6) is 58.0 Å². The Labute approximate surface area is 662 Å². The van der Waals surface area contributed by atoms with Crippen LogP contribution in [0.2, 0.25) is 0 Å². The molecule has 28 heteroatoms. The molecule has 24 nitrogen and oxygen atoms in total. The SMILES string of the molecule is CC(C)(C)C(=O)Oc1cc2c(cc1F)C1(OC(=O)c3cc(C(=O)CCc4ccc(COc5nccc(N)n5)cc4)ccc31)c1cc(F)c(OC(=O)C(C)(C)C)cc1O2.CC(C)(C)C(=O)Oc1cc2c(cc1F)C1(OC(=O)c3ccc(C(=O)CCc4ccc(COc5nccc(N)n5)cc4)cc31)c1cc(F)c(OC(=O)C(C)(C)C)cc1O2. The molecule has 0 atom stereocenters. The molecule has 116 heavy (non-hydrogen) atoms. The molecular weight excluding hydrogens is 1500 g/mol. The number of ketones is 2. The summed E-state index contributed by atoms with van der Waals surface area (Å²) in [6.45, 7) is 19.6. The standard InChI is InChI=1S/2C44H39F2N3O9/c1-42(2,3)39(52)56-35-20-33-28(18-30(35)45)44(29-19-31(46)36(21-34(29)55-33)57-40(53)43(4,5)6)27-13-12-25(17-26(27)38(51)58-44)32(50)14-11-23-7-9-24(10-8-23)22-54-41-48-16-15-37(47)49-41;1-42(2,3)39(52)56-35-20-33-28(18-30(35)45)44(29-19-31(46)36(21-34(29)55-33)57-40(53)43(4,5)6)27-17-25(12-13-26(27)38(51)58-44)32(50)14-11-23-7-9-24(10-8-23)22-54-41-48-16-15-37(47)49-41/h2*7-10,12-13,15-21H,11,14,22H2,1-6H3,(H2,47,48,49). The third-order valence-corrected chi connectivity index (χ3v) is 19.1. The van der Waals surface area contributed by atoms with Crippen LogP contribution in [0.1, 0.15) is 193 Å². The van der Waals surface area contributed by atoms with Gasteiger partial charge in [0, 0.05) is 71.8 Å². The topological polar surface area (TPSA) is 332 Å². The number of esters is 6. The Bertz CT molecular complexity index is 5540. The number of carbonyl (C=O) groups is 8. The van der Waals surface area contributed by atoms with Crippen molar-refractivity contribution in [2.75, 3.05) is 11.5 Å². The number of nitrogens with zero attached hydrogens (tertiary/aromatic N) is 4. The summed E-state index contributed by atoms with van der Waals surface area (Å²) in [7, 11) is 0. The molecule has 8 aromatic carbocycles. The van der Waals surface area contributed by atoms with Gasteiger partial charge in [0.1, 0.15) is 47.8 Å². The number of hydrogen-bond donors (Lipinski definition) is 2. The van der Waals surface area contributed by atoms with Gasteiger partial charge in [0.2, 0.25) is 0 Å². The number of aromatic nitrogens is 4. The third-order valence-electron chi connectivity index (χ3n) is 19.1. The number of carbonyl (C=O) groups excluding carboxylic acids is 8. The van der Waals surface area contributed by atoms with Gasteiger partial charge in [-0.05, 0) is 173 Å². The van der Waals surface area contributed by atoms with E-state index in [0.717, 1.165) is 70.8 Å². The number of halogens is 4. The Morgan fingerprint density at radius 3 is 1.04 bits per heavy atom. The molecule has 0 saturated carbocycles. The van der Waals surface area contributed by atoms with Crippen molar-refractivity contribution in [1.82, 2.24) is 19.9 Å². The molecule has 0 amide bonds. The molecule has 4 aliphatic heterocycles. The molecular formula is C88H78F4N6O18. The lowest BCUT2D eigenvalue weighted by Gasteiger charge is -2.37. The smallest absolute Gasteiger partial charge is 0.340 e. The van der Waals surface area contributed by atoms with Crippen molar-refractivity contribution in [2.45, 2.75) is 133 Å². The van der Waals surface area contributed by atoms with Crippen LogP contribution in [0.3, 0.4) is 0 Å². The van der Waals surface area contributed by atoms with Crippen molar-refractivity contribution in [2.24, 2.45) is 21.7 Å². The molecule has 0 radical (unpaired) electrons. The summed E-state index contributed by atoms with van der Waals surface area (Å²) < 4.78 is 121. The van der Waals surface area contributed by atoms with E-state index in [2.05, 4.69) is 19.9 Å². The average Bonchev–Trinajstić information content (AvgIpc) is 1.55. The number of ether oxygens (including phenoxy) is 10. The highest BCUT2D eigenvalue weighted by Crippen LogP contribution is 2.60. The molecule has 0 bridgehead atoms. The third kappa shape index (κ3) is 16.4. The van der Waals surface area contributed by atoms with Gasteiger partial charge < -0.3 is 58.8 Å². The first-order valence-corrected chi connectivity index (χ1v) is 36.7. The van der Waals surface area contributed by atoms with Gasteiger partial charge in [-0.3, -0.25) is 28.8 Å². The predicted molar refractivity (Wildman–Crippen MR) is 409 cm³/mol. The van der Waals surface area contributed by atoms with E-state index in [1.807, 2.05) is 48.5 Å². The zero-order valence-electron chi connectivity index (χ0n) is 65.1. The van der Waals surface area contributed by atoms with Crippen LogP contribution in [0.25, 0.3) is 0 Å². The van der Waals surface area contributed by atoms with Crippen LogP contribution >= 0.6 is 0 Å². The monoisotopic (exact) mass is 1580 g/mol. The van der Waals surface area contributed by atoms with E-state index >= 15 is 17.6 Å². The number of nitrogen functional groups attached to an aromatic ring is 2. The Morgan fingerprint density at radius 1 is 0.379 bits per heavy atom. The van der Waals surface area contributed by atoms with E-state index in [0.29, 0.717) is 18.7 Å². The minimum Gasteiger partial charge on any atom is -0.459 e. The summed E-state index contributed by atoms with van der Waals surface area (Å²) in [5.74, 6) is -10.7. The number of nitrogens with two attached hydrogens (primary N) is 2. The second-order valence-electron chi connectivity index (χ2n) is 32.1. The van der Waals surface area contributed by atoms with Crippen molar-refractivity contribution in [3.8, 4) is 58.0 Å². The van der Waals surface area contributed by atoms with Crippen molar-refractivity contribution in [1.29, 1.82) is 0 Å². The Hall–Kier alpha value is -13.4. The molecule has 596 valence electrons. The molecule has 14 rings (SSSR count). The summed E-state index contributed by atoms with van der Waals surface area (Å²) in [5.41, 5.74) is 7.43. The number of aryl methyl sites for hydroxylation is 2. The predicted octanol–water partition coefficient (Wildman–Crippen LogP) is 16.4. The van der Waals surface area contributed by atoms with Gasteiger partial charge in [0.25, 0.3) is 0 Å². The maximum absolute atomic E-state index is 16.0. The summed E-state index contributed by atoms with van der Waals surface area (Å²) in [5, 5.41) is 0. The molecule has 0 saturated heterocycles. The Morgan fingerprint density at radius 2 is 0.698 bits per heavy atom. The first-order valence-electron chi connectivity index (χ1n) is 36.7. The highest BCUT2D eigenvalue weighted by atomic mass is 19.1. The van der Waals surface area contributed by atoms with Crippen molar-refractivity contribution < 1.29 is 103 Å². The summed E-state index contributed by atoms with van der Waals surface area (Å²) in [6.07, 6.45) is 3.95. The molecule has 2 spiro atoms. The molecule has 0 fully saturated rings. The van der Waals surface area contributed by atoms with Crippen LogP contribution in [0.4, 0.5) is 29.2 Å². The van der Waals surface area contributed by atoms with Crippen LogP contribution < -0.4 is 49.4 Å². The van der Waals surface area contributed by atoms with Crippen LogP contribution in [0, 0.1) is 44.9 Å². The van der Waals surface area contributed by atoms with Crippen LogP contribution in [-0.2, 0) is 65.9 Å². The van der Waals surface area contributed by atoms with Gasteiger partial charge in [-0.25, -0.2) is 37.1 Å². The number of rotatable bonds is 18. The molecule has 0 unspecified atom stereocenters. The lowest BCUT2D eigenvalue weighted by Crippen LogP contribution is -2.34. The molecule has 4 aliphatic rings. The Kier molecular flexibility index (Phi) is 21.4. The zero-order valence-corrected chi connectivity index (χ0v) is 65.1. The highest BCUT2D eigenvalue weighted by molar-refractivity contribution is 6.03. The average molecular weight is 1580 g/mol. The largest absolute Gasteiger partial charge is 0.459 e. The molecule has 2 aromatic heterocycles. The zero-order chi connectivity index (χ0) is 83.5. The number of hydrogen-bond acceptors (Lipinski definition) is 24.